The molecule has 0 saturated carbocycles. The molecule has 1 fully saturated rings. The number of nitrogens with one attached hydrogen (secondary N) is 1. The van der Waals surface area contributed by atoms with Gasteiger partial charge in [-0.15, -0.1) is 10.2 Å². The standard InChI is InChI=1S/C27H35N5O3/c1-21(33)35-25(23-12-5-3-6-13-23)26-29-30-27(31(26)2)28-15-10-18-34-24-14-9-11-22(19-24)20-32-16-7-4-8-17-32/h3,5-6,9,11-14,19,25H,4,7-8,10,15-18,20H2,1-2H3,(H,28,30). The number of carbonyl (C=O) groups excluding carboxylic acids is 1. The Balaban J connectivity index is 1.26. The van der Waals surface area contributed by atoms with E-state index >= 15 is 0 Å². The number of aromatic nitrogens is 3. The molecule has 8 heteroatoms. The maximum atomic E-state index is 11.7. The molecule has 8 nitrogen and oxygen atoms in total. The molecule has 1 unspecified atom stereocenters. The molecular formula is C27H35N5O3. The molecule has 2 aromatic carbocycles. The van der Waals surface area contributed by atoms with E-state index in [-0.39, 0.29) is 5.97 Å². The van der Waals surface area contributed by atoms with Crippen molar-refractivity contribution in [1.82, 2.24) is 19.7 Å². The van der Waals surface area contributed by atoms with Gasteiger partial charge in [0, 0.05) is 32.6 Å². The van der Waals surface area contributed by atoms with E-state index in [0.29, 0.717) is 24.9 Å². The van der Waals surface area contributed by atoms with Crippen LogP contribution in [0.2, 0.25) is 0 Å². The number of anilines is 1. The minimum atomic E-state index is -0.609. The normalized spacial score (nSPS) is 14.9. The van der Waals surface area contributed by atoms with E-state index in [9.17, 15) is 4.79 Å². The van der Waals surface area contributed by atoms with Crippen molar-refractivity contribution in [2.24, 2.45) is 7.05 Å². The van der Waals surface area contributed by atoms with Gasteiger partial charge < -0.3 is 14.8 Å². The number of hydrogen-bond acceptors (Lipinski definition) is 7. The molecule has 0 spiro atoms. The van der Waals surface area contributed by atoms with Crippen LogP contribution in [0.4, 0.5) is 5.95 Å². The van der Waals surface area contributed by atoms with Crippen molar-refractivity contribution in [3.8, 4) is 5.75 Å². The second kappa shape index (κ2) is 12.4. The number of benzene rings is 2. The van der Waals surface area contributed by atoms with E-state index in [0.717, 1.165) is 24.3 Å². The Labute approximate surface area is 207 Å². The summed E-state index contributed by atoms with van der Waals surface area (Å²) in [6, 6.07) is 18.0. The van der Waals surface area contributed by atoms with Crippen LogP contribution in [0.15, 0.2) is 54.6 Å². The third-order valence-electron chi connectivity index (χ3n) is 6.16. The highest BCUT2D eigenvalue weighted by molar-refractivity contribution is 5.66. The van der Waals surface area contributed by atoms with E-state index in [2.05, 4.69) is 38.6 Å². The average molecular weight is 478 g/mol. The molecule has 0 aliphatic carbocycles. The summed E-state index contributed by atoms with van der Waals surface area (Å²) in [6.45, 7) is 6.05. The summed E-state index contributed by atoms with van der Waals surface area (Å²) in [4.78, 5) is 14.2. The zero-order valence-corrected chi connectivity index (χ0v) is 20.7. The molecule has 2 heterocycles. The van der Waals surface area contributed by atoms with Gasteiger partial charge in [-0.1, -0.05) is 48.9 Å². The Morgan fingerprint density at radius 3 is 2.63 bits per heavy atom. The lowest BCUT2D eigenvalue weighted by atomic mass is 10.1. The summed E-state index contributed by atoms with van der Waals surface area (Å²) in [5.74, 6) is 1.73. The van der Waals surface area contributed by atoms with Gasteiger partial charge >= 0.3 is 5.97 Å². The number of hydrogen-bond donors (Lipinski definition) is 1. The summed E-state index contributed by atoms with van der Waals surface area (Å²) >= 11 is 0. The molecule has 1 N–H and O–H groups in total. The zero-order chi connectivity index (χ0) is 24.5. The maximum absolute atomic E-state index is 11.7. The van der Waals surface area contributed by atoms with Crippen molar-refractivity contribution in [3.63, 3.8) is 0 Å². The Bertz CT molecular complexity index is 1080. The van der Waals surface area contributed by atoms with E-state index in [4.69, 9.17) is 9.47 Å². The average Bonchev–Trinajstić information content (AvgIpc) is 3.23. The number of rotatable bonds is 11. The quantitative estimate of drug-likeness (QED) is 0.325. The third kappa shape index (κ3) is 7.05. The molecule has 3 aromatic rings. The number of nitrogens with zero attached hydrogens (tertiary/aromatic N) is 4. The maximum Gasteiger partial charge on any atom is 0.303 e. The minimum absolute atomic E-state index is 0.367. The molecule has 186 valence electrons. The van der Waals surface area contributed by atoms with Gasteiger partial charge in [-0.05, 0) is 50.0 Å². The third-order valence-corrected chi connectivity index (χ3v) is 6.16. The first-order chi connectivity index (χ1) is 17.1. The molecule has 1 atom stereocenters. The first kappa shape index (κ1) is 24.7. The van der Waals surface area contributed by atoms with Crippen LogP contribution < -0.4 is 10.1 Å². The fraction of sp³-hybridized carbons (Fsp3) is 0.444. The molecule has 1 saturated heterocycles. The van der Waals surface area contributed by atoms with Crippen LogP contribution in [-0.2, 0) is 23.1 Å². The lowest BCUT2D eigenvalue weighted by Crippen LogP contribution is -2.29. The lowest BCUT2D eigenvalue weighted by Gasteiger charge is -2.26. The summed E-state index contributed by atoms with van der Waals surface area (Å²) in [6.07, 6.45) is 4.15. The van der Waals surface area contributed by atoms with Crippen molar-refractivity contribution >= 4 is 11.9 Å². The summed E-state index contributed by atoms with van der Waals surface area (Å²) < 4.78 is 13.4. The van der Waals surface area contributed by atoms with E-state index in [1.54, 1.807) is 0 Å². The number of likely N-dealkylation sites (tertiary alicyclic amines) is 1. The molecule has 1 aliphatic heterocycles. The molecule has 0 radical (unpaired) electrons. The van der Waals surface area contributed by atoms with Gasteiger partial charge in [-0.2, -0.15) is 0 Å². The van der Waals surface area contributed by atoms with Crippen LogP contribution in [0.25, 0.3) is 0 Å². The van der Waals surface area contributed by atoms with Gasteiger partial charge in [-0.25, -0.2) is 0 Å². The fourth-order valence-corrected chi connectivity index (χ4v) is 4.36. The molecule has 1 aromatic heterocycles. The first-order valence-corrected chi connectivity index (χ1v) is 12.4. The van der Waals surface area contributed by atoms with Crippen molar-refractivity contribution in [2.75, 3.05) is 31.6 Å². The van der Waals surface area contributed by atoms with E-state index in [1.807, 2.05) is 48.0 Å². The summed E-state index contributed by atoms with van der Waals surface area (Å²) in [5, 5.41) is 11.9. The number of esters is 1. The molecular weight excluding hydrogens is 442 g/mol. The molecule has 1 aliphatic rings. The van der Waals surface area contributed by atoms with Gasteiger partial charge in [0.2, 0.25) is 5.95 Å². The highest BCUT2D eigenvalue weighted by Crippen LogP contribution is 2.26. The zero-order valence-electron chi connectivity index (χ0n) is 20.7. The number of ether oxygens (including phenoxy) is 2. The predicted octanol–water partition coefficient (Wildman–Crippen LogP) is 4.33. The first-order valence-electron chi connectivity index (χ1n) is 12.4. The van der Waals surface area contributed by atoms with Gasteiger partial charge in [0.1, 0.15) is 5.75 Å². The van der Waals surface area contributed by atoms with Crippen molar-refractivity contribution < 1.29 is 14.3 Å². The largest absolute Gasteiger partial charge is 0.494 e. The Morgan fingerprint density at radius 1 is 1.06 bits per heavy atom. The van der Waals surface area contributed by atoms with Crippen LogP contribution in [-0.4, -0.2) is 51.9 Å². The smallest absolute Gasteiger partial charge is 0.303 e. The fourth-order valence-electron chi connectivity index (χ4n) is 4.36. The van der Waals surface area contributed by atoms with E-state index in [1.165, 1.54) is 44.8 Å². The van der Waals surface area contributed by atoms with Gasteiger partial charge in [0.15, 0.2) is 11.9 Å². The number of carbonyl (C=O) groups is 1. The number of piperidine rings is 1. The predicted molar refractivity (Wildman–Crippen MR) is 135 cm³/mol. The molecule has 35 heavy (non-hydrogen) atoms. The van der Waals surface area contributed by atoms with Crippen molar-refractivity contribution in [3.05, 3.63) is 71.5 Å². The lowest BCUT2D eigenvalue weighted by molar-refractivity contribution is -0.145. The molecule has 0 amide bonds. The summed E-state index contributed by atoms with van der Waals surface area (Å²) in [7, 11) is 1.86. The highest BCUT2D eigenvalue weighted by atomic mass is 16.5. The highest BCUT2D eigenvalue weighted by Gasteiger charge is 2.24. The topological polar surface area (TPSA) is 81.5 Å². The second-order valence-electron chi connectivity index (χ2n) is 8.95. The van der Waals surface area contributed by atoms with Crippen LogP contribution in [0.5, 0.6) is 5.75 Å². The Kier molecular flexibility index (Phi) is 8.73. The van der Waals surface area contributed by atoms with Crippen LogP contribution in [0, 0.1) is 0 Å². The van der Waals surface area contributed by atoms with Crippen LogP contribution in [0.1, 0.15) is 55.7 Å². The van der Waals surface area contributed by atoms with Gasteiger partial charge in [-0.3, -0.25) is 14.3 Å². The van der Waals surface area contributed by atoms with Gasteiger partial charge in [0.05, 0.1) is 6.61 Å². The van der Waals surface area contributed by atoms with Crippen LogP contribution in [0.3, 0.4) is 0 Å². The van der Waals surface area contributed by atoms with Crippen molar-refractivity contribution in [1.29, 1.82) is 0 Å². The SMILES string of the molecule is CC(=O)OC(c1ccccc1)c1nnc(NCCCOc2cccc(CN3CCCCC3)c2)n1C. The summed E-state index contributed by atoms with van der Waals surface area (Å²) in [5.41, 5.74) is 2.15. The van der Waals surface area contributed by atoms with Crippen molar-refractivity contribution in [2.45, 2.75) is 45.3 Å². The minimum Gasteiger partial charge on any atom is -0.494 e. The Morgan fingerprint density at radius 2 is 1.86 bits per heavy atom. The van der Waals surface area contributed by atoms with E-state index < -0.39 is 6.10 Å². The van der Waals surface area contributed by atoms with Gasteiger partial charge in [0.25, 0.3) is 0 Å². The monoisotopic (exact) mass is 477 g/mol. The Hall–Kier alpha value is -3.39. The second-order valence-corrected chi connectivity index (χ2v) is 8.95. The molecule has 0 bridgehead atoms. The molecule has 4 rings (SSSR count). The van der Waals surface area contributed by atoms with Crippen LogP contribution >= 0.6 is 0 Å².